The van der Waals surface area contributed by atoms with Gasteiger partial charge in [-0.2, -0.15) is 0 Å². The molecule has 11 nitrogen and oxygen atoms in total. The molecule has 4 rings (SSSR count). The molecule has 1 fully saturated rings. The number of hydrogen-bond acceptors (Lipinski definition) is 8. The van der Waals surface area contributed by atoms with Crippen molar-refractivity contribution in [2.24, 2.45) is 0 Å². The number of benzene rings is 1. The summed E-state index contributed by atoms with van der Waals surface area (Å²) in [5, 5.41) is 4.81. The van der Waals surface area contributed by atoms with E-state index >= 15 is 0 Å². The molecule has 2 aliphatic heterocycles. The Morgan fingerprint density at radius 2 is 1.83 bits per heavy atom. The van der Waals surface area contributed by atoms with E-state index in [1.807, 2.05) is 0 Å². The standard InChI is InChI=1S/C23H22N4O7S/c1-3-35(33,34)14-5-7-17(24-12-14)19(29)25-11-13-4-6-15-16(10-13)21(31)27(20(15)30)23(2)9-8-18(28)26-22(23)32/h4-7,10,12H,3,8-9,11H2,1-2H3,(H,25,29)(H,26,28,32)/t23-/m0/s1. The number of imide groups is 2. The van der Waals surface area contributed by atoms with Gasteiger partial charge in [0.1, 0.15) is 11.2 Å². The maximum atomic E-state index is 13.1. The van der Waals surface area contributed by atoms with Gasteiger partial charge in [0.15, 0.2) is 9.84 Å². The van der Waals surface area contributed by atoms with Gasteiger partial charge < -0.3 is 5.32 Å². The number of nitrogens with one attached hydrogen (secondary N) is 2. The second-order valence-corrected chi connectivity index (χ2v) is 10.7. The average Bonchev–Trinajstić information content (AvgIpc) is 3.10. The van der Waals surface area contributed by atoms with Gasteiger partial charge in [-0.15, -0.1) is 0 Å². The minimum absolute atomic E-state index is 0.00627. The van der Waals surface area contributed by atoms with Gasteiger partial charge in [-0.1, -0.05) is 13.0 Å². The van der Waals surface area contributed by atoms with Crippen LogP contribution in [-0.2, 0) is 26.0 Å². The fraction of sp³-hybridized carbons (Fsp3) is 0.304. The molecule has 12 heteroatoms. The normalized spacial score (nSPS) is 20.0. The molecule has 2 aliphatic rings. The van der Waals surface area contributed by atoms with Crippen molar-refractivity contribution >= 4 is 39.4 Å². The Hall–Kier alpha value is -3.93. The number of rotatable bonds is 6. The minimum Gasteiger partial charge on any atom is -0.347 e. The van der Waals surface area contributed by atoms with Gasteiger partial charge >= 0.3 is 0 Å². The van der Waals surface area contributed by atoms with Gasteiger partial charge in [-0.05, 0) is 43.2 Å². The predicted octanol–water partition coefficient (Wildman–Crippen LogP) is 0.597. The second kappa shape index (κ2) is 8.69. The van der Waals surface area contributed by atoms with Crippen LogP contribution in [0.15, 0.2) is 41.4 Å². The van der Waals surface area contributed by atoms with Crippen LogP contribution in [0, 0.1) is 0 Å². The number of carbonyl (C=O) groups is 5. The van der Waals surface area contributed by atoms with Crippen molar-refractivity contribution in [3.8, 4) is 0 Å². The summed E-state index contributed by atoms with van der Waals surface area (Å²) in [4.78, 5) is 67.3. The highest BCUT2D eigenvalue weighted by atomic mass is 32.2. The molecule has 0 bridgehead atoms. The Bertz CT molecular complexity index is 1390. The van der Waals surface area contributed by atoms with Gasteiger partial charge in [0.25, 0.3) is 23.6 Å². The first-order valence-corrected chi connectivity index (χ1v) is 12.5. The fourth-order valence-electron chi connectivity index (χ4n) is 3.99. The molecule has 0 spiro atoms. The molecule has 0 aliphatic carbocycles. The summed E-state index contributed by atoms with van der Waals surface area (Å²) in [7, 11) is -3.43. The van der Waals surface area contributed by atoms with Gasteiger partial charge in [0.2, 0.25) is 5.91 Å². The van der Waals surface area contributed by atoms with E-state index in [-0.39, 0.29) is 46.9 Å². The summed E-state index contributed by atoms with van der Waals surface area (Å²) in [5.74, 6) is -3.08. The summed E-state index contributed by atoms with van der Waals surface area (Å²) < 4.78 is 23.8. The Morgan fingerprint density at radius 3 is 2.46 bits per heavy atom. The Labute approximate surface area is 200 Å². The number of carbonyl (C=O) groups excluding carboxylic acids is 5. The highest BCUT2D eigenvalue weighted by Crippen LogP contribution is 2.34. The van der Waals surface area contributed by atoms with Crippen molar-refractivity contribution in [1.29, 1.82) is 0 Å². The van der Waals surface area contributed by atoms with Gasteiger partial charge in [0, 0.05) is 19.2 Å². The van der Waals surface area contributed by atoms with E-state index in [0.29, 0.717) is 5.56 Å². The van der Waals surface area contributed by atoms with Gasteiger partial charge in [-0.3, -0.25) is 34.2 Å². The lowest BCUT2D eigenvalue weighted by atomic mass is 9.89. The molecule has 1 atom stereocenters. The third kappa shape index (κ3) is 4.20. The van der Waals surface area contributed by atoms with Gasteiger partial charge in [0.05, 0.1) is 21.8 Å². The molecule has 2 aromatic rings. The van der Waals surface area contributed by atoms with Crippen LogP contribution in [0.2, 0.25) is 0 Å². The van der Waals surface area contributed by atoms with Crippen LogP contribution in [-0.4, -0.2) is 59.1 Å². The Balaban J connectivity index is 1.48. The van der Waals surface area contributed by atoms with Crippen molar-refractivity contribution in [3.05, 3.63) is 58.9 Å². The zero-order chi connectivity index (χ0) is 25.5. The molecular formula is C23H22N4O7S. The van der Waals surface area contributed by atoms with Crippen LogP contribution in [0.25, 0.3) is 0 Å². The van der Waals surface area contributed by atoms with Crippen LogP contribution < -0.4 is 10.6 Å². The summed E-state index contributed by atoms with van der Waals surface area (Å²) in [6, 6.07) is 7.11. The summed E-state index contributed by atoms with van der Waals surface area (Å²) >= 11 is 0. The van der Waals surface area contributed by atoms with E-state index in [9.17, 15) is 32.4 Å². The van der Waals surface area contributed by atoms with E-state index in [4.69, 9.17) is 0 Å². The number of pyridine rings is 1. The van der Waals surface area contributed by atoms with Crippen LogP contribution in [0.4, 0.5) is 0 Å². The van der Waals surface area contributed by atoms with Crippen LogP contribution in [0.3, 0.4) is 0 Å². The lowest BCUT2D eigenvalue weighted by molar-refractivity contribution is -0.140. The van der Waals surface area contributed by atoms with E-state index in [1.54, 1.807) is 6.07 Å². The van der Waals surface area contributed by atoms with Crippen molar-refractivity contribution in [3.63, 3.8) is 0 Å². The van der Waals surface area contributed by atoms with Crippen molar-refractivity contribution in [1.82, 2.24) is 20.5 Å². The summed E-state index contributed by atoms with van der Waals surface area (Å²) in [5.41, 5.74) is -0.716. The lowest BCUT2D eigenvalue weighted by Crippen LogP contribution is -2.62. The molecule has 2 N–H and O–H groups in total. The molecule has 0 unspecified atom stereocenters. The van der Waals surface area contributed by atoms with Crippen LogP contribution in [0.1, 0.15) is 63.5 Å². The number of piperidine rings is 1. The molecule has 182 valence electrons. The van der Waals surface area contributed by atoms with Crippen LogP contribution in [0.5, 0.6) is 0 Å². The van der Waals surface area contributed by atoms with Crippen molar-refractivity contribution < 1.29 is 32.4 Å². The molecule has 5 amide bonds. The Kier molecular flexibility index (Phi) is 6.01. The maximum Gasteiger partial charge on any atom is 0.270 e. The third-order valence-corrected chi connectivity index (χ3v) is 7.91. The molecular weight excluding hydrogens is 476 g/mol. The molecule has 0 saturated carbocycles. The fourth-order valence-corrected chi connectivity index (χ4v) is 4.81. The first-order chi connectivity index (χ1) is 16.5. The third-order valence-electron chi connectivity index (χ3n) is 6.19. The SMILES string of the molecule is CCS(=O)(=O)c1ccc(C(=O)NCc2ccc3c(c2)C(=O)N([C@@]2(C)CCC(=O)NC2=O)C3=O)nc1. The lowest BCUT2D eigenvalue weighted by Gasteiger charge is -2.38. The topological polar surface area (TPSA) is 160 Å². The molecule has 1 saturated heterocycles. The largest absolute Gasteiger partial charge is 0.347 e. The van der Waals surface area contributed by atoms with E-state index in [1.165, 1.54) is 38.1 Å². The average molecular weight is 499 g/mol. The number of fused-ring (bicyclic) bond motifs is 1. The first kappa shape index (κ1) is 24.2. The maximum absolute atomic E-state index is 13.1. The van der Waals surface area contributed by atoms with E-state index in [0.717, 1.165) is 11.1 Å². The van der Waals surface area contributed by atoms with Crippen molar-refractivity contribution in [2.75, 3.05) is 5.75 Å². The number of hydrogen-bond donors (Lipinski definition) is 2. The number of aromatic nitrogens is 1. The smallest absolute Gasteiger partial charge is 0.270 e. The minimum atomic E-state index is -3.43. The second-order valence-electron chi connectivity index (χ2n) is 8.44. The molecule has 1 aromatic heterocycles. The van der Waals surface area contributed by atoms with Crippen LogP contribution >= 0.6 is 0 Å². The highest BCUT2D eigenvalue weighted by Gasteiger charge is 2.52. The first-order valence-electron chi connectivity index (χ1n) is 10.8. The molecule has 1 aromatic carbocycles. The molecule has 35 heavy (non-hydrogen) atoms. The van der Waals surface area contributed by atoms with Gasteiger partial charge in [-0.25, -0.2) is 13.4 Å². The number of nitrogens with zero attached hydrogens (tertiary/aromatic N) is 2. The summed E-state index contributed by atoms with van der Waals surface area (Å²) in [6.45, 7) is 2.97. The summed E-state index contributed by atoms with van der Waals surface area (Å²) in [6.07, 6.45) is 1.15. The monoisotopic (exact) mass is 498 g/mol. The van der Waals surface area contributed by atoms with Crippen molar-refractivity contribution in [2.45, 2.75) is 43.7 Å². The number of sulfone groups is 1. The predicted molar refractivity (Wildman–Crippen MR) is 121 cm³/mol. The molecule has 3 heterocycles. The zero-order valence-electron chi connectivity index (χ0n) is 19.0. The molecule has 0 radical (unpaired) electrons. The Morgan fingerprint density at radius 1 is 1.11 bits per heavy atom. The highest BCUT2D eigenvalue weighted by molar-refractivity contribution is 7.91. The van der Waals surface area contributed by atoms with E-state index in [2.05, 4.69) is 15.6 Å². The van der Waals surface area contributed by atoms with E-state index < -0.39 is 44.9 Å². The zero-order valence-corrected chi connectivity index (χ0v) is 19.8. The quantitative estimate of drug-likeness (QED) is 0.548. The number of amides is 5.